The third-order valence-corrected chi connectivity index (χ3v) is 6.48. The molecule has 0 atom stereocenters. The number of carbonyl (C=O) groups is 1. The van der Waals surface area contributed by atoms with Gasteiger partial charge in [0.1, 0.15) is 12.3 Å². The summed E-state index contributed by atoms with van der Waals surface area (Å²) < 4.78 is 33.4. The van der Waals surface area contributed by atoms with E-state index in [0.717, 1.165) is 9.87 Å². The molecule has 0 unspecified atom stereocenters. The number of para-hydroxylation sites is 2. The van der Waals surface area contributed by atoms with E-state index in [1.54, 1.807) is 54.6 Å². The van der Waals surface area contributed by atoms with Crippen molar-refractivity contribution < 1.29 is 17.9 Å². The molecule has 8 heteroatoms. The molecule has 0 fully saturated rings. The van der Waals surface area contributed by atoms with E-state index in [1.165, 1.54) is 18.2 Å². The number of rotatable bonds is 8. The normalized spacial score (nSPS) is 11.1. The average molecular weight is 459 g/mol. The van der Waals surface area contributed by atoms with Crippen LogP contribution in [0.15, 0.2) is 77.7 Å². The Bertz CT molecular complexity index is 1160. The van der Waals surface area contributed by atoms with E-state index >= 15 is 0 Å². The van der Waals surface area contributed by atoms with Gasteiger partial charge in [-0.1, -0.05) is 47.5 Å². The zero-order valence-electron chi connectivity index (χ0n) is 17.2. The van der Waals surface area contributed by atoms with Crippen molar-refractivity contribution in [2.45, 2.75) is 18.7 Å². The van der Waals surface area contributed by atoms with Crippen LogP contribution >= 0.6 is 11.6 Å². The van der Waals surface area contributed by atoms with Crippen LogP contribution in [0.2, 0.25) is 5.02 Å². The molecule has 0 spiro atoms. The Morgan fingerprint density at radius 3 is 2.42 bits per heavy atom. The van der Waals surface area contributed by atoms with Gasteiger partial charge in [0.25, 0.3) is 10.0 Å². The molecule has 0 aliphatic heterocycles. The van der Waals surface area contributed by atoms with Gasteiger partial charge in [0.05, 0.1) is 22.9 Å². The Morgan fingerprint density at radius 2 is 1.74 bits per heavy atom. The molecule has 0 aromatic heterocycles. The number of benzene rings is 3. The molecule has 1 amide bonds. The first-order chi connectivity index (χ1) is 14.8. The fourth-order valence-corrected chi connectivity index (χ4v) is 4.55. The van der Waals surface area contributed by atoms with Gasteiger partial charge in [0, 0.05) is 5.02 Å². The number of carbonyl (C=O) groups excluding carboxylic acids is 1. The third kappa shape index (κ3) is 5.57. The maximum atomic E-state index is 13.4. The lowest BCUT2D eigenvalue weighted by Crippen LogP contribution is -2.38. The van der Waals surface area contributed by atoms with Crippen molar-refractivity contribution in [1.29, 1.82) is 0 Å². The minimum Gasteiger partial charge on any atom is -0.492 e. The zero-order valence-corrected chi connectivity index (χ0v) is 18.8. The quantitative estimate of drug-likeness (QED) is 0.522. The van der Waals surface area contributed by atoms with Gasteiger partial charge in [-0.05, 0) is 56.3 Å². The fourth-order valence-electron chi connectivity index (χ4n) is 2.96. The summed E-state index contributed by atoms with van der Waals surface area (Å²) in [6.07, 6.45) is 0. The fraction of sp³-hybridized carbons (Fsp3) is 0.174. The smallest absolute Gasteiger partial charge is 0.264 e. The van der Waals surface area contributed by atoms with E-state index in [-0.39, 0.29) is 4.90 Å². The molecule has 3 rings (SSSR count). The van der Waals surface area contributed by atoms with Crippen LogP contribution in [0.4, 0.5) is 11.4 Å². The number of halogens is 1. The largest absolute Gasteiger partial charge is 0.492 e. The van der Waals surface area contributed by atoms with Crippen LogP contribution in [-0.4, -0.2) is 27.5 Å². The number of aryl methyl sites for hydroxylation is 1. The lowest BCUT2D eigenvalue weighted by Gasteiger charge is -2.24. The lowest BCUT2D eigenvalue weighted by atomic mass is 10.2. The molecular weight excluding hydrogens is 436 g/mol. The Morgan fingerprint density at radius 1 is 1.03 bits per heavy atom. The van der Waals surface area contributed by atoms with Crippen LogP contribution < -0.4 is 14.4 Å². The third-order valence-electron chi connectivity index (χ3n) is 4.45. The molecule has 0 saturated carbocycles. The number of amides is 1. The average Bonchev–Trinajstić information content (AvgIpc) is 2.74. The Balaban J connectivity index is 1.94. The van der Waals surface area contributed by atoms with E-state index in [0.29, 0.717) is 28.8 Å². The number of sulfonamides is 1. The van der Waals surface area contributed by atoms with Crippen molar-refractivity contribution >= 4 is 38.9 Å². The van der Waals surface area contributed by atoms with Crippen molar-refractivity contribution in [2.24, 2.45) is 0 Å². The first-order valence-corrected chi connectivity index (χ1v) is 11.5. The van der Waals surface area contributed by atoms with Gasteiger partial charge in [-0.3, -0.25) is 9.10 Å². The number of ether oxygens (including phenoxy) is 1. The SMILES string of the molecule is CCOc1ccccc1NC(=O)CN(c1cccc(Cl)c1)S(=O)(=O)c1ccc(C)cc1. The summed E-state index contributed by atoms with van der Waals surface area (Å²) in [5, 5.41) is 3.10. The molecule has 0 saturated heterocycles. The number of anilines is 2. The van der Waals surface area contributed by atoms with E-state index in [9.17, 15) is 13.2 Å². The topological polar surface area (TPSA) is 75.7 Å². The molecule has 0 bridgehead atoms. The molecule has 0 aliphatic carbocycles. The number of nitrogens with one attached hydrogen (secondary N) is 1. The molecule has 1 N–H and O–H groups in total. The highest BCUT2D eigenvalue weighted by Gasteiger charge is 2.27. The van der Waals surface area contributed by atoms with Crippen LogP contribution in [0.3, 0.4) is 0 Å². The van der Waals surface area contributed by atoms with Gasteiger partial charge >= 0.3 is 0 Å². The van der Waals surface area contributed by atoms with Crippen LogP contribution in [0.5, 0.6) is 5.75 Å². The van der Waals surface area contributed by atoms with Gasteiger partial charge in [-0.25, -0.2) is 8.42 Å². The van der Waals surface area contributed by atoms with Gasteiger partial charge in [-0.2, -0.15) is 0 Å². The highest BCUT2D eigenvalue weighted by Crippen LogP contribution is 2.27. The van der Waals surface area contributed by atoms with Crippen molar-refractivity contribution in [2.75, 3.05) is 22.8 Å². The number of hydrogen-bond donors (Lipinski definition) is 1. The molecule has 6 nitrogen and oxygen atoms in total. The monoisotopic (exact) mass is 458 g/mol. The van der Waals surface area contributed by atoms with E-state index in [4.69, 9.17) is 16.3 Å². The highest BCUT2D eigenvalue weighted by atomic mass is 35.5. The second kappa shape index (κ2) is 9.85. The van der Waals surface area contributed by atoms with Crippen LogP contribution in [0.1, 0.15) is 12.5 Å². The Kier molecular flexibility index (Phi) is 7.20. The van der Waals surface area contributed by atoms with Crippen LogP contribution in [-0.2, 0) is 14.8 Å². The summed E-state index contributed by atoms with van der Waals surface area (Å²) in [5.74, 6) is -0.00291. The number of nitrogens with zero attached hydrogens (tertiary/aromatic N) is 1. The standard InChI is InChI=1S/C23H23ClN2O4S/c1-3-30-22-10-5-4-9-21(22)25-23(27)16-26(19-8-6-7-18(24)15-19)31(28,29)20-13-11-17(2)12-14-20/h4-15H,3,16H2,1-2H3,(H,25,27). The van der Waals surface area contributed by atoms with E-state index in [1.807, 2.05) is 13.8 Å². The van der Waals surface area contributed by atoms with Crippen LogP contribution in [0.25, 0.3) is 0 Å². The highest BCUT2D eigenvalue weighted by molar-refractivity contribution is 7.92. The predicted octanol–water partition coefficient (Wildman–Crippen LogP) is 4.88. The summed E-state index contributed by atoms with van der Waals surface area (Å²) in [6, 6.07) is 19.8. The second-order valence-corrected chi connectivity index (χ2v) is 9.08. The van der Waals surface area contributed by atoms with E-state index in [2.05, 4.69) is 5.32 Å². The summed E-state index contributed by atoms with van der Waals surface area (Å²) in [5.41, 5.74) is 1.69. The number of hydrogen-bond acceptors (Lipinski definition) is 4. The van der Waals surface area contributed by atoms with Crippen molar-refractivity contribution in [3.8, 4) is 5.75 Å². The first kappa shape index (κ1) is 22.7. The van der Waals surface area contributed by atoms with E-state index < -0.39 is 22.5 Å². The van der Waals surface area contributed by atoms with Crippen molar-refractivity contribution in [1.82, 2.24) is 0 Å². The predicted molar refractivity (Wildman–Crippen MR) is 123 cm³/mol. The molecule has 0 aliphatic rings. The molecule has 31 heavy (non-hydrogen) atoms. The molecule has 0 radical (unpaired) electrons. The molecule has 162 valence electrons. The van der Waals surface area contributed by atoms with Crippen molar-refractivity contribution in [3.05, 3.63) is 83.4 Å². The maximum absolute atomic E-state index is 13.4. The minimum absolute atomic E-state index is 0.0839. The van der Waals surface area contributed by atoms with Crippen LogP contribution in [0, 0.1) is 6.92 Å². The Labute approximate surface area is 187 Å². The summed E-state index contributed by atoms with van der Waals surface area (Å²) in [4.78, 5) is 12.9. The van der Waals surface area contributed by atoms with Gasteiger partial charge in [0.2, 0.25) is 5.91 Å². The molecule has 0 heterocycles. The van der Waals surface area contributed by atoms with Gasteiger partial charge < -0.3 is 10.1 Å². The molecular formula is C23H23ClN2O4S. The Hall–Kier alpha value is -3.03. The summed E-state index contributed by atoms with van der Waals surface area (Å²) in [6.45, 7) is 3.71. The molecule has 3 aromatic rings. The second-order valence-electron chi connectivity index (χ2n) is 6.78. The first-order valence-electron chi connectivity index (χ1n) is 9.68. The lowest BCUT2D eigenvalue weighted by molar-refractivity contribution is -0.114. The minimum atomic E-state index is -4.01. The van der Waals surface area contributed by atoms with Gasteiger partial charge in [0.15, 0.2) is 0 Å². The maximum Gasteiger partial charge on any atom is 0.264 e. The zero-order chi connectivity index (χ0) is 22.4. The summed E-state index contributed by atoms with van der Waals surface area (Å²) >= 11 is 6.09. The van der Waals surface area contributed by atoms with Crippen molar-refractivity contribution in [3.63, 3.8) is 0 Å². The van der Waals surface area contributed by atoms with Gasteiger partial charge in [-0.15, -0.1) is 0 Å². The molecule has 3 aromatic carbocycles. The summed E-state index contributed by atoms with van der Waals surface area (Å²) in [7, 11) is -4.01.